The number of carbonyl (C=O) groups excluding carboxylic acids is 1. The van der Waals surface area contributed by atoms with E-state index in [-0.39, 0.29) is 17.3 Å². The van der Waals surface area contributed by atoms with Crippen LogP contribution in [0.5, 0.6) is 0 Å². The Morgan fingerprint density at radius 2 is 2.16 bits per heavy atom. The van der Waals surface area contributed by atoms with Gasteiger partial charge in [-0.15, -0.1) is 0 Å². The Balaban J connectivity index is 2.44. The van der Waals surface area contributed by atoms with Crippen molar-refractivity contribution >= 4 is 23.3 Å². The Labute approximate surface area is 114 Å². The third kappa shape index (κ3) is 5.56. The number of H-pyrrole nitrogens is 1. The van der Waals surface area contributed by atoms with Crippen LogP contribution in [-0.4, -0.2) is 28.1 Å². The van der Waals surface area contributed by atoms with Crippen molar-refractivity contribution in [3.8, 4) is 0 Å². The predicted octanol–water partition coefficient (Wildman–Crippen LogP) is 0.735. The van der Waals surface area contributed by atoms with Gasteiger partial charge >= 0.3 is 16.9 Å². The number of hydrogen-bond donors (Lipinski definition) is 4. The van der Waals surface area contributed by atoms with Crippen LogP contribution in [0.3, 0.4) is 0 Å². The molecule has 106 valence electrons. The van der Waals surface area contributed by atoms with Crippen molar-refractivity contribution in [2.45, 2.75) is 32.9 Å². The fourth-order valence-electron chi connectivity index (χ4n) is 1.48. The third-order valence-electron chi connectivity index (χ3n) is 2.32. The van der Waals surface area contributed by atoms with E-state index in [9.17, 15) is 14.4 Å². The molecule has 1 aromatic rings. The summed E-state index contributed by atoms with van der Waals surface area (Å²) in [7, 11) is 0. The first-order valence-corrected chi connectivity index (χ1v) is 6.70. The average molecular weight is 287 g/mol. The molecule has 1 unspecified atom stereocenters. The maximum Gasteiger partial charge on any atom is 0.326 e. The van der Waals surface area contributed by atoms with Gasteiger partial charge < -0.3 is 20.7 Å². The second-order valence-corrected chi connectivity index (χ2v) is 5.36. The molecule has 0 radical (unpaired) electrons. The molecule has 0 spiro atoms. The zero-order valence-corrected chi connectivity index (χ0v) is 11.5. The van der Waals surface area contributed by atoms with E-state index in [1.165, 1.54) is 0 Å². The van der Waals surface area contributed by atoms with Crippen LogP contribution in [0.15, 0.2) is 10.2 Å². The van der Waals surface area contributed by atoms with Crippen molar-refractivity contribution in [3.63, 3.8) is 0 Å². The summed E-state index contributed by atoms with van der Waals surface area (Å²) in [5, 5.41) is 15.5. The molecular weight excluding hydrogens is 270 g/mol. The van der Waals surface area contributed by atoms with Crippen LogP contribution in [0.1, 0.15) is 26.0 Å². The van der Waals surface area contributed by atoms with Gasteiger partial charge in [0.15, 0.2) is 0 Å². The number of amides is 2. The van der Waals surface area contributed by atoms with Crippen LogP contribution in [0.4, 0.5) is 4.79 Å². The molecule has 2 amide bonds. The number of aromatic amines is 1. The van der Waals surface area contributed by atoms with Crippen LogP contribution < -0.4 is 15.5 Å². The van der Waals surface area contributed by atoms with Gasteiger partial charge in [-0.1, -0.05) is 25.2 Å². The van der Waals surface area contributed by atoms with Gasteiger partial charge in [0, 0.05) is 11.1 Å². The summed E-state index contributed by atoms with van der Waals surface area (Å²) in [5.74, 6) is -0.901. The first kappa shape index (κ1) is 15.2. The fraction of sp³-hybridized carbons (Fsp3) is 0.545. The smallest absolute Gasteiger partial charge is 0.326 e. The van der Waals surface area contributed by atoms with Gasteiger partial charge in [-0.3, -0.25) is 4.79 Å². The monoisotopic (exact) mass is 287 g/mol. The lowest BCUT2D eigenvalue weighted by Gasteiger charge is -2.16. The number of hydrogen-bond acceptors (Lipinski definition) is 4. The summed E-state index contributed by atoms with van der Waals surface area (Å²) < 4.78 is 0. The Morgan fingerprint density at radius 1 is 1.47 bits per heavy atom. The van der Waals surface area contributed by atoms with Gasteiger partial charge in [-0.25, -0.2) is 9.59 Å². The van der Waals surface area contributed by atoms with Crippen molar-refractivity contribution in [1.29, 1.82) is 0 Å². The van der Waals surface area contributed by atoms with E-state index in [2.05, 4.69) is 15.6 Å². The average Bonchev–Trinajstić information content (AvgIpc) is 2.71. The number of carboxylic acid groups (broad SMARTS) is 1. The number of carboxylic acids is 1. The van der Waals surface area contributed by atoms with Crippen LogP contribution in [0, 0.1) is 5.92 Å². The number of aliphatic carboxylic acids is 1. The second-order valence-electron chi connectivity index (χ2n) is 4.52. The molecule has 1 rings (SSSR count). The molecule has 1 heterocycles. The van der Waals surface area contributed by atoms with Crippen molar-refractivity contribution in [2.75, 3.05) is 0 Å². The maximum atomic E-state index is 11.5. The molecule has 1 atom stereocenters. The van der Waals surface area contributed by atoms with E-state index in [4.69, 9.17) is 5.11 Å². The lowest BCUT2D eigenvalue weighted by Crippen LogP contribution is -2.46. The highest BCUT2D eigenvalue weighted by Crippen LogP contribution is 2.04. The van der Waals surface area contributed by atoms with E-state index in [1.54, 1.807) is 5.38 Å². The first-order chi connectivity index (χ1) is 8.88. The Hall–Kier alpha value is -1.83. The molecule has 0 saturated heterocycles. The summed E-state index contributed by atoms with van der Waals surface area (Å²) in [6.07, 6.45) is 0.359. The molecule has 0 bridgehead atoms. The molecule has 0 aromatic carbocycles. The molecule has 0 aliphatic rings. The number of carbonyl (C=O) groups is 2. The molecule has 19 heavy (non-hydrogen) atoms. The van der Waals surface area contributed by atoms with Gasteiger partial charge in [0.25, 0.3) is 0 Å². The zero-order chi connectivity index (χ0) is 14.4. The predicted molar refractivity (Wildman–Crippen MR) is 71.2 cm³/mol. The zero-order valence-electron chi connectivity index (χ0n) is 10.7. The molecule has 0 aliphatic carbocycles. The summed E-state index contributed by atoms with van der Waals surface area (Å²) in [6, 6.07) is -1.48. The molecule has 0 saturated carbocycles. The van der Waals surface area contributed by atoms with Crippen molar-refractivity contribution in [3.05, 3.63) is 20.7 Å². The Bertz CT molecular complexity index is 494. The standard InChI is InChI=1S/C11H17N3O4S/c1-6(2)3-8(9(15)16)14-10(17)12-4-7-5-19-11(18)13-7/h5-6,8H,3-4H2,1-2H3,(H,13,18)(H,15,16)(H2,12,14,17). The Morgan fingerprint density at radius 3 is 2.63 bits per heavy atom. The lowest BCUT2D eigenvalue weighted by atomic mass is 10.0. The largest absolute Gasteiger partial charge is 0.480 e. The van der Waals surface area contributed by atoms with Crippen LogP contribution in [0.25, 0.3) is 0 Å². The van der Waals surface area contributed by atoms with Crippen LogP contribution in [-0.2, 0) is 11.3 Å². The molecule has 0 fully saturated rings. The highest BCUT2D eigenvalue weighted by molar-refractivity contribution is 7.07. The summed E-state index contributed by atoms with van der Waals surface area (Å²) in [4.78, 5) is 35.7. The first-order valence-electron chi connectivity index (χ1n) is 5.82. The number of nitrogens with one attached hydrogen (secondary N) is 3. The van der Waals surface area contributed by atoms with Gasteiger partial charge in [-0.05, 0) is 12.3 Å². The van der Waals surface area contributed by atoms with E-state index < -0.39 is 18.0 Å². The summed E-state index contributed by atoms with van der Waals surface area (Å²) in [6.45, 7) is 3.91. The summed E-state index contributed by atoms with van der Waals surface area (Å²) >= 11 is 1.01. The molecule has 7 nitrogen and oxygen atoms in total. The van der Waals surface area contributed by atoms with Crippen LogP contribution >= 0.6 is 11.3 Å². The van der Waals surface area contributed by atoms with Gasteiger partial charge in [0.2, 0.25) is 0 Å². The molecule has 8 heteroatoms. The minimum absolute atomic E-state index is 0.151. The molecule has 1 aromatic heterocycles. The number of rotatable bonds is 6. The fourth-order valence-corrected chi connectivity index (χ4v) is 2.06. The minimum atomic E-state index is -1.06. The van der Waals surface area contributed by atoms with Crippen molar-refractivity contribution in [1.82, 2.24) is 15.6 Å². The van der Waals surface area contributed by atoms with Crippen LogP contribution in [0.2, 0.25) is 0 Å². The second kappa shape index (κ2) is 6.93. The number of thiazole rings is 1. The van der Waals surface area contributed by atoms with Crippen molar-refractivity contribution < 1.29 is 14.7 Å². The SMILES string of the molecule is CC(C)CC(NC(=O)NCc1csc(=O)[nH]1)C(=O)O. The lowest BCUT2D eigenvalue weighted by molar-refractivity contribution is -0.139. The number of urea groups is 1. The van der Waals surface area contributed by atoms with E-state index >= 15 is 0 Å². The third-order valence-corrected chi connectivity index (χ3v) is 3.04. The van der Waals surface area contributed by atoms with E-state index in [1.807, 2.05) is 13.8 Å². The summed E-state index contributed by atoms with van der Waals surface area (Å²) in [5.41, 5.74) is 0.584. The minimum Gasteiger partial charge on any atom is -0.480 e. The van der Waals surface area contributed by atoms with E-state index in [0.29, 0.717) is 12.1 Å². The van der Waals surface area contributed by atoms with Crippen molar-refractivity contribution in [2.24, 2.45) is 5.92 Å². The normalized spacial score (nSPS) is 12.2. The highest BCUT2D eigenvalue weighted by Gasteiger charge is 2.20. The van der Waals surface area contributed by atoms with E-state index in [0.717, 1.165) is 11.3 Å². The van der Waals surface area contributed by atoms with Gasteiger partial charge in [-0.2, -0.15) is 0 Å². The molecule has 4 N–H and O–H groups in total. The van der Waals surface area contributed by atoms with Gasteiger partial charge in [0.05, 0.1) is 6.54 Å². The topological polar surface area (TPSA) is 111 Å². The highest BCUT2D eigenvalue weighted by atomic mass is 32.1. The molecular formula is C11H17N3O4S. The Kier molecular flexibility index (Phi) is 5.56. The maximum absolute atomic E-state index is 11.5. The quantitative estimate of drug-likeness (QED) is 0.618. The number of aromatic nitrogens is 1. The molecule has 0 aliphatic heterocycles. The van der Waals surface area contributed by atoms with Gasteiger partial charge in [0.1, 0.15) is 6.04 Å².